The van der Waals surface area contributed by atoms with Crippen LogP contribution in [0.15, 0.2) is 24.3 Å². The highest BCUT2D eigenvalue weighted by molar-refractivity contribution is 5.75. The van der Waals surface area contributed by atoms with Gasteiger partial charge < -0.3 is 9.47 Å². The van der Waals surface area contributed by atoms with Gasteiger partial charge in [-0.05, 0) is 24.5 Å². The molecule has 0 bridgehead atoms. The van der Waals surface area contributed by atoms with E-state index in [4.69, 9.17) is 9.47 Å². The lowest BCUT2D eigenvalue weighted by atomic mass is 10.0. The lowest BCUT2D eigenvalue weighted by Crippen LogP contribution is -2.11. The molecule has 0 N–H and O–H groups in total. The Morgan fingerprint density at radius 2 is 1.55 bits per heavy atom. The number of benzene rings is 1. The van der Waals surface area contributed by atoms with E-state index in [1.54, 1.807) is 31.2 Å². The van der Waals surface area contributed by atoms with Crippen molar-refractivity contribution in [3.05, 3.63) is 24.3 Å². The van der Waals surface area contributed by atoms with E-state index in [1.165, 1.54) is 6.42 Å². The zero-order valence-corrected chi connectivity index (χ0v) is 13.8. The summed E-state index contributed by atoms with van der Waals surface area (Å²) in [4.78, 5) is 23.2. The van der Waals surface area contributed by atoms with Crippen LogP contribution in [0.25, 0.3) is 0 Å². The fourth-order valence-corrected chi connectivity index (χ4v) is 1.99. The second-order valence-electron chi connectivity index (χ2n) is 5.74. The molecule has 0 aromatic heterocycles. The van der Waals surface area contributed by atoms with Gasteiger partial charge in [-0.3, -0.25) is 9.59 Å². The number of rotatable bonds is 9. The number of carbonyl (C=O) groups is 2. The van der Waals surface area contributed by atoms with E-state index in [1.807, 2.05) is 0 Å². The molecule has 0 saturated carbocycles. The Hall–Kier alpha value is -1.84. The van der Waals surface area contributed by atoms with Gasteiger partial charge in [0.15, 0.2) is 11.5 Å². The van der Waals surface area contributed by atoms with Gasteiger partial charge in [0, 0.05) is 12.8 Å². The quantitative estimate of drug-likeness (QED) is 0.382. The molecule has 0 heterocycles. The van der Waals surface area contributed by atoms with Gasteiger partial charge in [-0.15, -0.1) is 0 Å². The van der Waals surface area contributed by atoms with Crippen molar-refractivity contribution in [3.63, 3.8) is 0 Å². The zero-order chi connectivity index (χ0) is 16.4. The molecule has 0 radical (unpaired) electrons. The van der Waals surface area contributed by atoms with Crippen LogP contribution >= 0.6 is 0 Å². The molecule has 4 nitrogen and oxygen atoms in total. The monoisotopic (exact) mass is 306 g/mol. The maximum atomic E-state index is 11.9. The van der Waals surface area contributed by atoms with Crippen molar-refractivity contribution in [2.24, 2.45) is 5.92 Å². The highest BCUT2D eigenvalue weighted by Crippen LogP contribution is 2.27. The van der Waals surface area contributed by atoms with Crippen LogP contribution in [0.3, 0.4) is 0 Å². The number of hydrogen-bond acceptors (Lipinski definition) is 4. The molecule has 1 aromatic rings. The van der Waals surface area contributed by atoms with Crippen molar-refractivity contribution in [1.29, 1.82) is 0 Å². The third-order valence-electron chi connectivity index (χ3n) is 3.25. The number of ether oxygens (including phenoxy) is 2. The summed E-state index contributed by atoms with van der Waals surface area (Å²) < 4.78 is 10.5. The zero-order valence-electron chi connectivity index (χ0n) is 13.8. The Bertz CT molecular complexity index is 480. The van der Waals surface area contributed by atoms with Crippen molar-refractivity contribution < 1.29 is 19.1 Å². The smallest absolute Gasteiger partial charge is 0.311 e. The molecule has 0 fully saturated rings. The van der Waals surface area contributed by atoms with Gasteiger partial charge in [-0.25, -0.2) is 0 Å². The number of carbonyl (C=O) groups excluding carboxylic acids is 2. The fraction of sp³-hybridized carbons (Fsp3) is 0.556. The van der Waals surface area contributed by atoms with Gasteiger partial charge in [-0.1, -0.05) is 52.2 Å². The predicted octanol–water partition coefficient (Wildman–Crippen LogP) is 4.51. The largest absolute Gasteiger partial charge is 0.423 e. The van der Waals surface area contributed by atoms with Crippen LogP contribution in [-0.4, -0.2) is 11.9 Å². The van der Waals surface area contributed by atoms with Crippen LogP contribution in [0.1, 0.15) is 59.3 Å². The molecule has 0 spiro atoms. The average molecular weight is 306 g/mol. The summed E-state index contributed by atoms with van der Waals surface area (Å²) in [6.45, 7) is 6.11. The lowest BCUT2D eigenvalue weighted by Gasteiger charge is -2.10. The Balaban J connectivity index is 2.42. The summed E-state index contributed by atoms with van der Waals surface area (Å²) >= 11 is 0. The van der Waals surface area contributed by atoms with Gasteiger partial charge >= 0.3 is 11.9 Å². The summed E-state index contributed by atoms with van der Waals surface area (Å²) in [5, 5.41) is 0. The molecule has 0 atom stereocenters. The van der Waals surface area contributed by atoms with E-state index in [0.717, 1.165) is 19.3 Å². The first-order valence-corrected chi connectivity index (χ1v) is 8.03. The summed E-state index contributed by atoms with van der Waals surface area (Å²) in [5.41, 5.74) is 0. The first-order valence-electron chi connectivity index (χ1n) is 8.03. The maximum absolute atomic E-state index is 11.9. The Labute approximate surface area is 132 Å². The van der Waals surface area contributed by atoms with E-state index in [0.29, 0.717) is 23.8 Å². The number of unbranched alkanes of at least 4 members (excludes halogenated alkanes) is 2. The van der Waals surface area contributed by atoms with E-state index < -0.39 is 0 Å². The molecule has 4 heteroatoms. The molecule has 0 amide bonds. The second kappa shape index (κ2) is 9.98. The third-order valence-corrected chi connectivity index (χ3v) is 3.25. The SMILES string of the molecule is CCC(=O)Oc1ccccc1OC(=O)CCCCCC(C)C. The van der Waals surface area contributed by atoms with Gasteiger partial charge in [0.25, 0.3) is 0 Å². The van der Waals surface area contributed by atoms with Gasteiger partial charge in [0.1, 0.15) is 0 Å². The Kier molecular flexibility index (Phi) is 8.26. The Morgan fingerprint density at radius 1 is 0.955 bits per heavy atom. The molecule has 1 rings (SSSR count). The van der Waals surface area contributed by atoms with E-state index in [2.05, 4.69) is 13.8 Å². The van der Waals surface area contributed by atoms with Crippen molar-refractivity contribution in [2.45, 2.75) is 59.3 Å². The molecule has 0 aliphatic rings. The molecule has 22 heavy (non-hydrogen) atoms. The molecular formula is C18H26O4. The Morgan fingerprint density at radius 3 is 2.09 bits per heavy atom. The van der Waals surface area contributed by atoms with Crippen LogP contribution in [0, 0.1) is 5.92 Å². The molecule has 0 aliphatic heterocycles. The van der Waals surface area contributed by atoms with Crippen molar-refractivity contribution in [1.82, 2.24) is 0 Å². The van der Waals surface area contributed by atoms with Crippen molar-refractivity contribution in [3.8, 4) is 11.5 Å². The maximum Gasteiger partial charge on any atom is 0.311 e. The average Bonchev–Trinajstić information content (AvgIpc) is 2.48. The fourth-order valence-electron chi connectivity index (χ4n) is 1.99. The lowest BCUT2D eigenvalue weighted by molar-refractivity contribution is -0.137. The first-order chi connectivity index (χ1) is 10.5. The van der Waals surface area contributed by atoms with Gasteiger partial charge in [0.2, 0.25) is 0 Å². The van der Waals surface area contributed by atoms with Crippen molar-refractivity contribution in [2.75, 3.05) is 0 Å². The highest BCUT2D eigenvalue weighted by atomic mass is 16.6. The van der Waals surface area contributed by atoms with Crippen LogP contribution in [0.2, 0.25) is 0 Å². The molecule has 0 unspecified atom stereocenters. The molecule has 0 saturated heterocycles. The number of hydrogen-bond donors (Lipinski definition) is 0. The number of para-hydroxylation sites is 2. The topological polar surface area (TPSA) is 52.6 Å². The van der Waals surface area contributed by atoms with E-state index >= 15 is 0 Å². The van der Waals surface area contributed by atoms with Crippen LogP contribution < -0.4 is 9.47 Å². The minimum Gasteiger partial charge on any atom is -0.423 e. The summed E-state index contributed by atoms with van der Waals surface area (Å²) in [7, 11) is 0. The molecule has 0 aliphatic carbocycles. The summed E-state index contributed by atoms with van der Waals surface area (Å²) in [6.07, 6.45) is 4.83. The number of esters is 2. The van der Waals surface area contributed by atoms with Crippen LogP contribution in [0.5, 0.6) is 11.5 Å². The summed E-state index contributed by atoms with van der Waals surface area (Å²) in [5.74, 6) is 0.660. The molecule has 122 valence electrons. The van der Waals surface area contributed by atoms with E-state index in [9.17, 15) is 9.59 Å². The summed E-state index contributed by atoms with van der Waals surface area (Å²) in [6, 6.07) is 6.74. The first kappa shape index (κ1) is 18.2. The molecule has 1 aromatic carbocycles. The van der Waals surface area contributed by atoms with Crippen LogP contribution in [-0.2, 0) is 9.59 Å². The standard InChI is InChI=1S/C18H26O4/c1-4-17(19)21-15-11-8-9-12-16(15)22-18(20)13-7-5-6-10-14(2)3/h8-9,11-12,14H,4-7,10,13H2,1-3H3. The molecular weight excluding hydrogens is 280 g/mol. The minimum absolute atomic E-state index is 0.276. The van der Waals surface area contributed by atoms with Gasteiger partial charge in [0.05, 0.1) is 0 Å². The van der Waals surface area contributed by atoms with Gasteiger partial charge in [-0.2, -0.15) is 0 Å². The highest BCUT2D eigenvalue weighted by Gasteiger charge is 2.12. The van der Waals surface area contributed by atoms with E-state index in [-0.39, 0.29) is 18.4 Å². The second-order valence-corrected chi connectivity index (χ2v) is 5.74. The predicted molar refractivity (Wildman–Crippen MR) is 85.9 cm³/mol. The normalized spacial score (nSPS) is 10.5. The third kappa shape index (κ3) is 7.25. The minimum atomic E-state index is -0.350. The van der Waals surface area contributed by atoms with Crippen LogP contribution in [0.4, 0.5) is 0 Å². The van der Waals surface area contributed by atoms with Crippen molar-refractivity contribution >= 4 is 11.9 Å².